The molecule has 1 saturated heterocycles. The maximum Gasteiger partial charge on any atom is 0.335 e. The molecule has 0 aliphatic carbocycles. The van der Waals surface area contributed by atoms with Gasteiger partial charge in [0.25, 0.3) is 0 Å². The van der Waals surface area contributed by atoms with E-state index in [1.54, 1.807) is 30.5 Å². The average molecular weight is 1660 g/mol. The number of nitrogens with zero attached hydrogens (tertiary/aromatic N) is 1. The molecule has 44 nitrogen and oxygen atoms in total. The lowest BCUT2D eigenvalue weighted by Gasteiger charge is -2.33. The van der Waals surface area contributed by atoms with Gasteiger partial charge in [-0.1, -0.05) is 91.3 Å². The van der Waals surface area contributed by atoms with Crippen LogP contribution in [0.5, 0.6) is 0 Å². The van der Waals surface area contributed by atoms with Crippen molar-refractivity contribution in [1.82, 2.24) is 73.7 Å². The van der Waals surface area contributed by atoms with Crippen LogP contribution in [0.15, 0.2) is 30.5 Å². The van der Waals surface area contributed by atoms with E-state index >= 15 is 4.79 Å². The van der Waals surface area contributed by atoms with Gasteiger partial charge in [-0.2, -0.15) is 0 Å². The molecule has 3 rings (SSSR count). The fraction of sp³-hybridized carbons (Fsp3) is 0.616. The van der Waals surface area contributed by atoms with Gasteiger partial charge in [0.15, 0.2) is 12.2 Å². The monoisotopic (exact) mass is 1660 g/mol. The summed E-state index contributed by atoms with van der Waals surface area (Å²) in [5.74, 6) is -30.3. The summed E-state index contributed by atoms with van der Waals surface area (Å²) in [7, 11) is 1.70. The molecule has 650 valence electrons. The fourth-order valence-corrected chi connectivity index (χ4v) is 12.2. The third-order valence-corrected chi connectivity index (χ3v) is 18.9. The van der Waals surface area contributed by atoms with Crippen molar-refractivity contribution in [3.05, 3.63) is 36.0 Å². The molecule has 0 unspecified atom stereocenters. The highest BCUT2D eigenvalue weighted by molar-refractivity contribution is 6.03. The number of carboxylic acid groups (broad SMARTS) is 3. The smallest absolute Gasteiger partial charge is 0.335 e. The van der Waals surface area contributed by atoms with Crippen LogP contribution in [0, 0.1) is 17.8 Å². The van der Waals surface area contributed by atoms with Gasteiger partial charge in [-0.3, -0.25) is 86.3 Å². The molecule has 1 fully saturated rings. The minimum absolute atomic E-state index is 0.00642. The predicted molar refractivity (Wildman–Crippen MR) is 410 cm³/mol. The van der Waals surface area contributed by atoms with Gasteiger partial charge in [0.2, 0.25) is 94.5 Å². The van der Waals surface area contributed by atoms with E-state index in [0.29, 0.717) is 40.1 Å². The number of benzene rings is 1. The highest BCUT2D eigenvalue weighted by Gasteiger charge is 2.44. The van der Waals surface area contributed by atoms with Crippen LogP contribution in [-0.2, 0) is 112 Å². The SMILES string of the molecule is CC[C@H](C)[C@@H]1NC(=O)[C@H]([C@H](C)CC(=O)O)NC(=O)[C@@H](CC(N)=O)NC(=O)CNC(=O)[C@H]([C@H](OC)C(=O)O)NC(=O)[C@@H](CCCCN)NC(=O)[C@H](CC(=O)O)NC(=O)[C@H](C)NC(=O)CN(C)C(=O)[C@@H](NC(=O)[C@@H](NC(=O)[C@@H](CC(N)=O)NC(=O)[C@H](Cc2c[nH]c3ccccc23)NC(=O)CCCCCCCC(C)C)[C@H](O)C(N)=O)[C@H](C)OC1=O. The number of unbranched alkanes of at least 4 members (excludes halogenated alkanes) is 5. The van der Waals surface area contributed by atoms with Crippen molar-refractivity contribution in [2.45, 2.75) is 236 Å². The number of fused-ring (bicyclic) bond motifs is 1. The van der Waals surface area contributed by atoms with Gasteiger partial charge in [0, 0.05) is 44.1 Å². The summed E-state index contributed by atoms with van der Waals surface area (Å²) >= 11 is 0. The standard InChI is InChI=1S/C73H112N18O26/c1-10-35(4)55-73(115)117-38(7)56(88-70(111)57(59(101)61(77)102)89-67(108)45(29-48(76)93)85-64(105)43(27-39-31-78-41-22-17-16-21-40(39)41)81-49(94)24-15-13-11-12-14-20-34(2)3)71(112)91(8)33-51(96)80-37(6)62(103)84-46(30-53(99)100)65(106)83-42(23-18-19-25-74)63(104)90-58(60(116-9)72(113)114)68(109)79-32-50(95)82-44(28-47(75)92)66(107)86-54(69(110)87-55)36(5)26-52(97)98/h16-17,21-22,31,34-38,42-46,54-60,78,101H,10-15,18-20,23-30,32-33,74H2,1-9H3,(H2,75,92)(H2,76,93)(H2,77,102)(H,79,109)(H,80,96)(H,81,94)(H,82,95)(H,83,106)(H,84,103)(H,85,105)(H,86,107)(H,87,110)(H,88,111)(H,89,108)(H,90,104)(H,97,98)(H,99,100)(H,113,114)/t35-,36+,37-,38-,42+,43-,44+,45+,46-,54-,55-,56-,57-,58-,59-,60-/m0/s1. The number of nitrogens with one attached hydrogen (secondary N) is 13. The number of hydrogen-bond acceptors (Lipinski definition) is 24. The first-order valence-corrected chi connectivity index (χ1v) is 38.0. The lowest BCUT2D eigenvalue weighted by Crippen LogP contribution is -2.65. The number of aliphatic hydroxyl groups excluding tert-OH is 1. The molecule has 1 aromatic heterocycles. The van der Waals surface area contributed by atoms with Crippen LogP contribution in [0.1, 0.15) is 150 Å². The Hall–Kier alpha value is -12.0. The van der Waals surface area contributed by atoms with Gasteiger partial charge >= 0.3 is 23.9 Å². The Morgan fingerprint density at radius 3 is 1.82 bits per heavy atom. The van der Waals surface area contributed by atoms with E-state index in [4.69, 9.17) is 32.4 Å². The van der Waals surface area contributed by atoms with Crippen LogP contribution >= 0.6 is 0 Å². The van der Waals surface area contributed by atoms with Gasteiger partial charge < -0.3 is 127 Å². The number of methoxy groups -OCH3 is 1. The number of carboxylic acids is 3. The maximum atomic E-state index is 15.0. The number of rotatable bonds is 37. The molecule has 2 aromatic rings. The van der Waals surface area contributed by atoms with Crippen molar-refractivity contribution >= 4 is 129 Å². The number of likely N-dealkylation sites (N-methyl/N-ethyl adjacent to an activating group) is 1. The van der Waals surface area contributed by atoms with Gasteiger partial charge in [-0.05, 0) is 75.5 Å². The molecule has 1 aliphatic rings. The first-order valence-electron chi connectivity index (χ1n) is 38.0. The number of nitrogens with two attached hydrogens (primary N) is 4. The van der Waals surface area contributed by atoms with E-state index in [-0.39, 0.29) is 45.1 Å². The molecule has 16 amide bonds. The fourth-order valence-electron chi connectivity index (χ4n) is 12.2. The number of hydrogen-bond donors (Lipinski definition) is 21. The van der Waals surface area contributed by atoms with Crippen LogP contribution in [0.2, 0.25) is 0 Å². The number of para-hydroxylation sites is 1. The number of aromatic nitrogens is 1. The van der Waals surface area contributed by atoms with E-state index in [2.05, 4.69) is 72.0 Å². The number of aromatic amines is 1. The van der Waals surface area contributed by atoms with Crippen molar-refractivity contribution in [2.24, 2.45) is 40.7 Å². The molecule has 1 aliphatic heterocycles. The molecular formula is C73H112N18O26. The molecule has 1 aromatic carbocycles. The minimum Gasteiger partial charge on any atom is -0.481 e. The summed E-state index contributed by atoms with van der Waals surface area (Å²) in [6.07, 6.45) is -5.48. The molecule has 117 heavy (non-hydrogen) atoms. The highest BCUT2D eigenvalue weighted by atomic mass is 16.5. The third kappa shape index (κ3) is 33.4. The van der Waals surface area contributed by atoms with Crippen molar-refractivity contribution in [3.8, 4) is 0 Å². The molecule has 0 saturated carbocycles. The first kappa shape index (κ1) is 99.2. The average Bonchev–Trinajstić information content (AvgIpc) is 1.81. The number of esters is 1. The first-order chi connectivity index (χ1) is 54.9. The normalized spacial score (nSPS) is 22.1. The maximum absolute atomic E-state index is 15.0. The minimum atomic E-state index is -2.80. The summed E-state index contributed by atoms with van der Waals surface area (Å²) in [5, 5.41) is 68.4. The molecule has 0 radical (unpaired) electrons. The summed E-state index contributed by atoms with van der Waals surface area (Å²) in [6.45, 7) is 7.83. The number of amides is 16. The van der Waals surface area contributed by atoms with Crippen molar-refractivity contribution in [3.63, 3.8) is 0 Å². The van der Waals surface area contributed by atoms with Gasteiger partial charge in [-0.25, -0.2) is 9.59 Å². The topological polar surface area (TPSA) is 708 Å². The van der Waals surface area contributed by atoms with E-state index < -0.39 is 254 Å². The third-order valence-electron chi connectivity index (χ3n) is 18.9. The summed E-state index contributed by atoms with van der Waals surface area (Å²) in [5.41, 5.74) is 23.4. The van der Waals surface area contributed by atoms with E-state index in [1.165, 1.54) is 13.8 Å². The summed E-state index contributed by atoms with van der Waals surface area (Å²) < 4.78 is 10.8. The summed E-state index contributed by atoms with van der Waals surface area (Å²) in [4.78, 5) is 279. The number of H-pyrrole nitrogens is 1. The number of aliphatic carboxylic acids is 3. The second-order valence-electron chi connectivity index (χ2n) is 29.0. The van der Waals surface area contributed by atoms with E-state index in [9.17, 15) is 112 Å². The van der Waals surface area contributed by atoms with Crippen LogP contribution in [0.4, 0.5) is 0 Å². The molecule has 16 atom stereocenters. The molecule has 0 bridgehead atoms. The Balaban J connectivity index is 2.28. The van der Waals surface area contributed by atoms with Gasteiger partial charge in [0.1, 0.15) is 72.6 Å². The zero-order valence-electron chi connectivity index (χ0n) is 66.7. The van der Waals surface area contributed by atoms with Crippen LogP contribution in [-0.4, -0.2) is 267 Å². The molecule has 0 spiro atoms. The molecule has 25 N–H and O–H groups in total. The lowest BCUT2D eigenvalue weighted by molar-refractivity contribution is -0.159. The van der Waals surface area contributed by atoms with Crippen molar-refractivity contribution in [1.29, 1.82) is 0 Å². The molecular weight excluding hydrogens is 1540 g/mol. The Bertz CT molecular complexity index is 3890. The van der Waals surface area contributed by atoms with Gasteiger partial charge in [-0.15, -0.1) is 0 Å². The Kier molecular flexibility index (Phi) is 41.6. The van der Waals surface area contributed by atoms with Crippen LogP contribution in [0.3, 0.4) is 0 Å². The zero-order chi connectivity index (χ0) is 88.2. The molecule has 44 heteroatoms. The van der Waals surface area contributed by atoms with Crippen LogP contribution in [0.25, 0.3) is 10.9 Å². The van der Waals surface area contributed by atoms with Crippen LogP contribution < -0.4 is 86.7 Å². The highest BCUT2D eigenvalue weighted by Crippen LogP contribution is 2.22. The lowest BCUT2D eigenvalue weighted by atomic mass is 9.94. The number of aliphatic hydroxyl groups is 1. The molecule has 2 heterocycles. The van der Waals surface area contributed by atoms with Gasteiger partial charge in [0.05, 0.1) is 38.8 Å². The number of cyclic esters (lactones) is 1. The van der Waals surface area contributed by atoms with Crippen molar-refractivity contribution < 1.29 is 126 Å². The Morgan fingerprint density at radius 2 is 1.22 bits per heavy atom. The summed E-state index contributed by atoms with van der Waals surface area (Å²) in [6, 6.07) is -15.8. The zero-order valence-corrected chi connectivity index (χ0v) is 66.7. The predicted octanol–water partition coefficient (Wildman–Crippen LogP) is -6.57. The number of carbonyl (C=O) groups is 20. The van der Waals surface area contributed by atoms with E-state index in [0.717, 1.165) is 60.6 Å². The van der Waals surface area contributed by atoms with E-state index in [1.807, 2.05) is 10.6 Å². The second-order valence-corrected chi connectivity index (χ2v) is 29.0. The largest absolute Gasteiger partial charge is 0.481 e. The van der Waals surface area contributed by atoms with Crippen molar-refractivity contribution in [2.75, 3.05) is 33.8 Å². The Morgan fingerprint density at radius 1 is 0.624 bits per heavy atom. The number of carbonyl (C=O) groups excluding carboxylic acids is 17. The second kappa shape index (κ2) is 49.1. The number of ether oxygens (including phenoxy) is 2. The number of primary amides is 3. The Labute approximate surface area is 672 Å². The quantitative estimate of drug-likeness (QED) is 0.0221.